The Hall–Kier alpha value is -1.79. The van der Waals surface area contributed by atoms with Gasteiger partial charge in [0.05, 0.1) is 5.41 Å². The van der Waals surface area contributed by atoms with Crippen LogP contribution in [0.5, 0.6) is 0 Å². The van der Waals surface area contributed by atoms with E-state index < -0.39 is 0 Å². The van der Waals surface area contributed by atoms with Crippen LogP contribution in [-0.2, 0) is 5.41 Å². The van der Waals surface area contributed by atoms with Crippen molar-refractivity contribution in [1.82, 2.24) is 25.1 Å². The van der Waals surface area contributed by atoms with Gasteiger partial charge < -0.3 is 5.32 Å². The van der Waals surface area contributed by atoms with Crippen LogP contribution in [0.15, 0.2) is 30.3 Å². The van der Waals surface area contributed by atoms with Crippen molar-refractivity contribution < 1.29 is 0 Å². The molecular weight excluding hydrogens is 282 g/mol. The number of benzene rings is 1. The van der Waals surface area contributed by atoms with E-state index >= 15 is 0 Å². The molecule has 0 radical (unpaired) electrons. The van der Waals surface area contributed by atoms with E-state index in [2.05, 4.69) is 45.8 Å². The lowest BCUT2D eigenvalue weighted by molar-refractivity contribution is 0.358. The number of piperidine rings is 1. The summed E-state index contributed by atoms with van der Waals surface area (Å²) in [7, 11) is 0. The van der Waals surface area contributed by atoms with E-state index in [4.69, 9.17) is 5.10 Å². The molecule has 0 spiro atoms. The molecule has 1 fully saturated rings. The molecule has 1 saturated heterocycles. The maximum Gasteiger partial charge on any atom is 0.234 e. The zero-order valence-electron chi connectivity index (χ0n) is 11.9. The normalized spacial score (nSPS) is 18.1. The molecule has 1 aliphatic rings. The first kappa shape index (κ1) is 12.9. The Morgan fingerprint density at radius 3 is 2.62 bits per heavy atom. The molecule has 0 atom stereocenters. The quantitative estimate of drug-likeness (QED) is 0.788. The van der Waals surface area contributed by atoms with Crippen LogP contribution in [0, 0.1) is 6.92 Å². The molecule has 3 heterocycles. The lowest BCUT2D eigenvalue weighted by Crippen LogP contribution is -2.40. The molecule has 1 N–H and O–H groups in total. The fourth-order valence-electron chi connectivity index (χ4n) is 3.14. The van der Waals surface area contributed by atoms with Crippen LogP contribution in [-0.4, -0.2) is 32.9 Å². The van der Waals surface area contributed by atoms with Crippen molar-refractivity contribution in [3.8, 4) is 0 Å². The van der Waals surface area contributed by atoms with Crippen LogP contribution in [0.25, 0.3) is 4.96 Å². The van der Waals surface area contributed by atoms with Gasteiger partial charge in [-0.3, -0.25) is 0 Å². The molecule has 2 aromatic heterocycles. The van der Waals surface area contributed by atoms with Gasteiger partial charge in [0, 0.05) is 0 Å². The third-order valence-electron chi connectivity index (χ3n) is 4.34. The van der Waals surface area contributed by atoms with Gasteiger partial charge in [-0.2, -0.15) is 9.61 Å². The number of rotatable bonds is 2. The molecule has 3 aromatic rings. The molecule has 108 valence electrons. The predicted octanol–water partition coefficient (Wildman–Crippen LogP) is 2.16. The van der Waals surface area contributed by atoms with E-state index in [9.17, 15) is 0 Å². The third-order valence-corrected chi connectivity index (χ3v) is 5.44. The number of nitrogens with one attached hydrogen (secondary N) is 1. The highest BCUT2D eigenvalue weighted by atomic mass is 32.1. The van der Waals surface area contributed by atoms with Crippen LogP contribution in [0.3, 0.4) is 0 Å². The van der Waals surface area contributed by atoms with Gasteiger partial charge in [0.15, 0.2) is 5.82 Å². The van der Waals surface area contributed by atoms with Gasteiger partial charge in [0.1, 0.15) is 5.01 Å². The van der Waals surface area contributed by atoms with Gasteiger partial charge in [-0.25, -0.2) is 0 Å². The van der Waals surface area contributed by atoms with Crippen LogP contribution in [0.4, 0.5) is 0 Å². The zero-order valence-corrected chi connectivity index (χ0v) is 12.7. The summed E-state index contributed by atoms with van der Waals surface area (Å²) in [5, 5.41) is 17.7. The monoisotopic (exact) mass is 299 g/mol. The minimum absolute atomic E-state index is 0.00428. The molecule has 1 aromatic carbocycles. The average Bonchev–Trinajstić information content (AvgIpc) is 3.12. The van der Waals surface area contributed by atoms with Crippen molar-refractivity contribution in [3.63, 3.8) is 0 Å². The second kappa shape index (κ2) is 4.89. The Morgan fingerprint density at radius 1 is 1.14 bits per heavy atom. The second-order valence-electron chi connectivity index (χ2n) is 5.55. The average molecular weight is 299 g/mol. The lowest BCUT2D eigenvalue weighted by atomic mass is 9.74. The first-order chi connectivity index (χ1) is 10.3. The molecule has 0 unspecified atom stereocenters. The Kier molecular flexibility index (Phi) is 3.01. The molecule has 1 aliphatic heterocycles. The molecule has 4 rings (SSSR count). The van der Waals surface area contributed by atoms with Gasteiger partial charge in [-0.15, -0.1) is 10.2 Å². The van der Waals surface area contributed by atoms with E-state index in [1.54, 1.807) is 11.3 Å². The Balaban J connectivity index is 1.89. The molecular formula is C15H17N5S. The Labute approximate surface area is 127 Å². The number of hydrogen-bond acceptors (Lipinski definition) is 5. The SMILES string of the molecule is Cc1nnc2sc(C3(c4ccccc4)CCNCC3)nn12. The maximum atomic E-state index is 4.83. The van der Waals surface area contributed by atoms with Crippen molar-refractivity contribution in [2.45, 2.75) is 25.2 Å². The van der Waals surface area contributed by atoms with Crippen molar-refractivity contribution in [3.05, 3.63) is 46.7 Å². The van der Waals surface area contributed by atoms with Crippen LogP contribution < -0.4 is 5.32 Å². The largest absolute Gasteiger partial charge is 0.317 e. The van der Waals surface area contributed by atoms with Crippen LogP contribution in [0.2, 0.25) is 0 Å². The number of hydrogen-bond donors (Lipinski definition) is 1. The van der Waals surface area contributed by atoms with Crippen molar-refractivity contribution >= 4 is 16.3 Å². The van der Waals surface area contributed by atoms with Gasteiger partial charge in [0.25, 0.3) is 0 Å². The molecule has 6 heteroatoms. The Morgan fingerprint density at radius 2 is 1.90 bits per heavy atom. The molecule has 21 heavy (non-hydrogen) atoms. The van der Waals surface area contributed by atoms with Crippen LogP contribution in [0.1, 0.15) is 29.2 Å². The fraction of sp³-hybridized carbons (Fsp3) is 0.400. The fourth-order valence-corrected chi connectivity index (χ4v) is 4.30. The van der Waals surface area contributed by atoms with Crippen molar-refractivity contribution in [1.29, 1.82) is 0 Å². The van der Waals surface area contributed by atoms with Gasteiger partial charge in [-0.1, -0.05) is 41.7 Å². The summed E-state index contributed by atoms with van der Waals surface area (Å²) in [5.74, 6) is 0.852. The first-order valence-electron chi connectivity index (χ1n) is 7.25. The molecule has 5 nitrogen and oxygen atoms in total. The summed E-state index contributed by atoms with van der Waals surface area (Å²) >= 11 is 1.67. The lowest BCUT2D eigenvalue weighted by Gasteiger charge is -2.36. The summed E-state index contributed by atoms with van der Waals surface area (Å²) in [5.41, 5.74) is 1.36. The summed E-state index contributed by atoms with van der Waals surface area (Å²) in [6, 6.07) is 10.7. The molecule has 0 saturated carbocycles. The minimum atomic E-state index is 0.00428. The molecule has 0 amide bonds. The standard InChI is InChI=1S/C15H17N5S/c1-11-17-18-14-20(11)19-13(21-14)15(7-9-16-10-8-15)12-5-3-2-4-6-12/h2-6,16H,7-10H2,1H3. The minimum Gasteiger partial charge on any atom is -0.317 e. The number of aryl methyl sites for hydroxylation is 1. The Bertz CT molecular complexity index is 755. The summed E-state index contributed by atoms with van der Waals surface area (Å²) in [4.78, 5) is 0.885. The first-order valence-corrected chi connectivity index (χ1v) is 8.07. The highest BCUT2D eigenvalue weighted by molar-refractivity contribution is 7.16. The third kappa shape index (κ3) is 1.98. The summed E-state index contributed by atoms with van der Waals surface area (Å²) < 4.78 is 1.87. The van der Waals surface area contributed by atoms with Crippen molar-refractivity contribution in [2.24, 2.45) is 0 Å². The topological polar surface area (TPSA) is 55.1 Å². The number of nitrogens with zero attached hydrogens (tertiary/aromatic N) is 4. The van der Waals surface area contributed by atoms with Crippen LogP contribution >= 0.6 is 11.3 Å². The van der Waals surface area contributed by atoms with E-state index in [0.29, 0.717) is 0 Å². The predicted molar refractivity (Wildman–Crippen MR) is 82.7 cm³/mol. The van der Waals surface area contributed by atoms with E-state index in [0.717, 1.165) is 41.7 Å². The molecule has 0 aliphatic carbocycles. The number of aromatic nitrogens is 4. The summed E-state index contributed by atoms with van der Waals surface area (Å²) in [6.07, 6.45) is 2.14. The van der Waals surface area contributed by atoms with Gasteiger partial charge >= 0.3 is 0 Å². The van der Waals surface area contributed by atoms with E-state index in [1.165, 1.54) is 5.56 Å². The summed E-state index contributed by atoms with van der Waals surface area (Å²) in [6.45, 7) is 3.99. The second-order valence-corrected chi connectivity index (χ2v) is 6.50. The molecule has 0 bridgehead atoms. The highest BCUT2D eigenvalue weighted by Crippen LogP contribution is 2.41. The van der Waals surface area contributed by atoms with Gasteiger partial charge in [-0.05, 0) is 38.4 Å². The highest BCUT2D eigenvalue weighted by Gasteiger charge is 2.39. The number of fused-ring (bicyclic) bond motifs is 1. The van der Waals surface area contributed by atoms with Crippen molar-refractivity contribution in [2.75, 3.05) is 13.1 Å². The zero-order chi connectivity index (χ0) is 14.3. The smallest absolute Gasteiger partial charge is 0.234 e. The van der Waals surface area contributed by atoms with E-state index in [1.807, 2.05) is 11.4 Å². The van der Waals surface area contributed by atoms with E-state index in [-0.39, 0.29) is 5.41 Å². The maximum absolute atomic E-state index is 4.83. The van der Waals surface area contributed by atoms with Gasteiger partial charge in [0.2, 0.25) is 4.96 Å².